The van der Waals surface area contributed by atoms with Gasteiger partial charge in [-0.15, -0.1) is 0 Å². The first-order chi connectivity index (χ1) is 5.68. The molecule has 1 rings (SSSR count). The highest BCUT2D eigenvalue weighted by Crippen LogP contribution is 2.23. The zero-order chi connectivity index (χ0) is 9.03. The van der Waals surface area contributed by atoms with Gasteiger partial charge in [-0.25, -0.2) is 0 Å². The van der Waals surface area contributed by atoms with Crippen LogP contribution >= 0.6 is 0 Å². The van der Waals surface area contributed by atoms with E-state index in [1.54, 1.807) is 0 Å². The molecule has 1 fully saturated rings. The smallest absolute Gasteiger partial charge is 0.0651 e. The molecule has 1 atom stereocenters. The van der Waals surface area contributed by atoms with E-state index in [0.29, 0.717) is 11.6 Å². The Bertz CT molecular complexity index is 128. The summed E-state index contributed by atoms with van der Waals surface area (Å²) < 4.78 is 5.66. The van der Waals surface area contributed by atoms with E-state index in [-0.39, 0.29) is 0 Å². The van der Waals surface area contributed by atoms with Crippen LogP contribution < -0.4 is 5.32 Å². The Balaban J connectivity index is 2.34. The van der Waals surface area contributed by atoms with E-state index < -0.39 is 0 Å². The van der Waals surface area contributed by atoms with Gasteiger partial charge in [-0.3, -0.25) is 0 Å². The zero-order valence-electron chi connectivity index (χ0n) is 8.52. The summed E-state index contributed by atoms with van der Waals surface area (Å²) in [6.45, 7) is 8.47. The molecule has 0 bridgehead atoms. The SMILES string of the molecule is CCC1(COC(C)C)CCCN1. The second-order valence-corrected chi connectivity index (χ2v) is 4.02. The average molecular weight is 171 g/mol. The number of rotatable bonds is 4. The van der Waals surface area contributed by atoms with Gasteiger partial charge in [-0.2, -0.15) is 0 Å². The molecule has 1 saturated heterocycles. The Kier molecular flexibility index (Phi) is 3.53. The van der Waals surface area contributed by atoms with Crippen molar-refractivity contribution in [1.29, 1.82) is 0 Å². The highest BCUT2D eigenvalue weighted by molar-refractivity contribution is 4.91. The maximum atomic E-state index is 5.66. The molecule has 1 aliphatic heterocycles. The highest BCUT2D eigenvalue weighted by Gasteiger charge is 2.31. The maximum absolute atomic E-state index is 5.66. The van der Waals surface area contributed by atoms with Gasteiger partial charge >= 0.3 is 0 Å². The van der Waals surface area contributed by atoms with Gasteiger partial charge in [-0.05, 0) is 39.7 Å². The van der Waals surface area contributed by atoms with Crippen molar-refractivity contribution >= 4 is 0 Å². The Hall–Kier alpha value is -0.0800. The molecule has 1 heterocycles. The van der Waals surface area contributed by atoms with E-state index in [1.807, 2.05) is 0 Å². The molecule has 2 heteroatoms. The summed E-state index contributed by atoms with van der Waals surface area (Å²) >= 11 is 0. The quantitative estimate of drug-likeness (QED) is 0.698. The first kappa shape index (κ1) is 10.0. The largest absolute Gasteiger partial charge is 0.377 e. The number of nitrogens with one attached hydrogen (secondary N) is 1. The molecule has 0 aromatic carbocycles. The van der Waals surface area contributed by atoms with Crippen LogP contribution in [0, 0.1) is 0 Å². The van der Waals surface area contributed by atoms with Crippen LogP contribution in [0.25, 0.3) is 0 Å². The summed E-state index contributed by atoms with van der Waals surface area (Å²) in [5.41, 5.74) is 0.296. The minimum absolute atomic E-state index is 0.296. The Morgan fingerprint density at radius 1 is 1.50 bits per heavy atom. The topological polar surface area (TPSA) is 21.3 Å². The van der Waals surface area contributed by atoms with Crippen LogP contribution in [0.5, 0.6) is 0 Å². The number of hydrogen-bond donors (Lipinski definition) is 1. The molecule has 1 unspecified atom stereocenters. The fourth-order valence-corrected chi connectivity index (χ4v) is 1.72. The summed E-state index contributed by atoms with van der Waals surface area (Å²) in [6, 6.07) is 0. The minimum Gasteiger partial charge on any atom is -0.377 e. The van der Waals surface area contributed by atoms with Crippen molar-refractivity contribution < 1.29 is 4.74 Å². The van der Waals surface area contributed by atoms with Crippen LogP contribution in [0.3, 0.4) is 0 Å². The molecule has 0 aliphatic carbocycles. The van der Waals surface area contributed by atoms with Crippen LogP contribution in [-0.2, 0) is 4.74 Å². The van der Waals surface area contributed by atoms with Crippen molar-refractivity contribution in [3.63, 3.8) is 0 Å². The second kappa shape index (κ2) is 4.24. The molecule has 0 aromatic rings. The first-order valence-electron chi connectivity index (χ1n) is 5.05. The molecule has 72 valence electrons. The molecular formula is C10H21NO. The Morgan fingerprint density at radius 2 is 2.25 bits per heavy atom. The lowest BCUT2D eigenvalue weighted by Crippen LogP contribution is -2.44. The Morgan fingerprint density at radius 3 is 2.67 bits per heavy atom. The van der Waals surface area contributed by atoms with Crippen molar-refractivity contribution in [2.45, 2.75) is 51.7 Å². The highest BCUT2D eigenvalue weighted by atomic mass is 16.5. The van der Waals surface area contributed by atoms with Gasteiger partial charge in [0.15, 0.2) is 0 Å². The van der Waals surface area contributed by atoms with Crippen molar-refractivity contribution in [1.82, 2.24) is 5.32 Å². The molecule has 0 radical (unpaired) electrons. The monoisotopic (exact) mass is 171 g/mol. The predicted octanol–water partition coefficient (Wildman–Crippen LogP) is 1.94. The number of hydrogen-bond acceptors (Lipinski definition) is 2. The molecule has 2 nitrogen and oxygen atoms in total. The van der Waals surface area contributed by atoms with Gasteiger partial charge in [0, 0.05) is 5.54 Å². The lowest BCUT2D eigenvalue weighted by molar-refractivity contribution is 0.0320. The molecular weight excluding hydrogens is 150 g/mol. The normalized spacial score (nSPS) is 30.0. The molecule has 1 N–H and O–H groups in total. The summed E-state index contributed by atoms with van der Waals surface area (Å²) in [7, 11) is 0. The summed E-state index contributed by atoms with van der Waals surface area (Å²) in [5, 5.41) is 3.55. The van der Waals surface area contributed by atoms with E-state index in [0.717, 1.165) is 13.2 Å². The van der Waals surface area contributed by atoms with Gasteiger partial charge in [0.25, 0.3) is 0 Å². The summed E-state index contributed by atoms with van der Waals surface area (Å²) in [4.78, 5) is 0. The zero-order valence-corrected chi connectivity index (χ0v) is 8.52. The standard InChI is InChI=1S/C10H21NO/c1-4-10(6-5-7-11-10)8-12-9(2)3/h9,11H,4-8H2,1-3H3. The molecule has 1 aliphatic rings. The molecule has 12 heavy (non-hydrogen) atoms. The van der Waals surface area contributed by atoms with Gasteiger partial charge in [-0.1, -0.05) is 6.92 Å². The molecule has 0 saturated carbocycles. The van der Waals surface area contributed by atoms with Crippen molar-refractivity contribution in [3.05, 3.63) is 0 Å². The van der Waals surface area contributed by atoms with Gasteiger partial charge in [0.2, 0.25) is 0 Å². The van der Waals surface area contributed by atoms with Crippen molar-refractivity contribution in [3.8, 4) is 0 Å². The molecule has 0 aromatic heterocycles. The van der Waals surface area contributed by atoms with Crippen LogP contribution in [0.15, 0.2) is 0 Å². The van der Waals surface area contributed by atoms with E-state index in [9.17, 15) is 0 Å². The van der Waals surface area contributed by atoms with Gasteiger partial charge in [0.05, 0.1) is 12.7 Å². The van der Waals surface area contributed by atoms with Crippen LogP contribution in [0.4, 0.5) is 0 Å². The second-order valence-electron chi connectivity index (χ2n) is 4.02. The van der Waals surface area contributed by atoms with E-state index in [2.05, 4.69) is 26.1 Å². The Labute approximate surface area is 75.7 Å². The molecule has 0 amide bonds. The van der Waals surface area contributed by atoms with Crippen LogP contribution in [0.1, 0.15) is 40.0 Å². The lowest BCUT2D eigenvalue weighted by atomic mass is 9.95. The summed E-state index contributed by atoms with van der Waals surface area (Å²) in [5.74, 6) is 0. The van der Waals surface area contributed by atoms with Crippen LogP contribution in [0.2, 0.25) is 0 Å². The van der Waals surface area contributed by atoms with Crippen LogP contribution in [-0.4, -0.2) is 24.8 Å². The number of ether oxygens (including phenoxy) is 1. The van der Waals surface area contributed by atoms with Crippen molar-refractivity contribution in [2.24, 2.45) is 0 Å². The first-order valence-corrected chi connectivity index (χ1v) is 5.05. The van der Waals surface area contributed by atoms with Gasteiger partial charge < -0.3 is 10.1 Å². The third kappa shape index (κ3) is 2.46. The van der Waals surface area contributed by atoms with Gasteiger partial charge in [0.1, 0.15) is 0 Å². The third-order valence-corrected chi connectivity index (χ3v) is 2.70. The minimum atomic E-state index is 0.296. The molecule has 0 spiro atoms. The van der Waals surface area contributed by atoms with E-state index >= 15 is 0 Å². The summed E-state index contributed by atoms with van der Waals surface area (Å²) in [6.07, 6.45) is 4.11. The predicted molar refractivity (Wildman–Crippen MR) is 51.3 cm³/mol. The third-order valence-electron chi connectivity index (χ3n) is 2.70. The fraction of sp³-hybridized carbons (Fsp3) is 1.00. The van der Waals surface area contributed by atoms with Crippen molar-refractivity contribution in [2.75, 3.05) is 13.2 Å². The average Bonchev–Trinajstić information content (AvgIpc) is 2.50. The van der Waals surface area contributed by atoms with E-state index in [1.165, 1.54) is 19.3 Å². The fourth-order valence-electron chi connectivity index (χ4n) is 1.72. The maximum Gasteiger partial charge on any atom is 0.0651 e. The lowest BCUT2D eigenvalue weighted by Gasteiger charge is -2.28. The van der Waals surface area contributed by atoms with E-state index in [4.69, 9.17) is 4.74 Å².